The molecule has 0 aliphatic carbocycles. The number of carbonyl (C=O) groups excluding carboxylic acids is 1. The number of nitrogens with zero attached hydrogens (tertiary/aromatic N) is 3. The van der Waals surface area contributed by atoms with Crippen LogP contribution in [0.5, 0.6) is 0 Å². The van der Waals surface area contributed by atoms with E-state index in [1.807, 2.05) is 49.6 Å². The number of benzene rings is 1. The number of pyridine rings is 1. The molecule has 0 saturated carbocycles. The summed E-state index contributed by atoms with van der Waals surface area (Å²) in [4.78, 5) is 32.6. The number of carbonyl (C=O) groups is 1. The summed E-state index contributed by atoms with van der Waals surface area (Å²) in [7, 11) is 1.55. The lowest BCUT2D eigenvalue weighted by atomic mass is 10.0. The van der Waals surface area contributed by atoms with Crippen molar-refractivity contribution in [2.75, 3.05) is 6.54 Å². The fraction of sp³-hybridized carbons (Fsp3) is 0.346. The molecule has 1 aliphatic rings. The average molecular weight is 492 g/mol. The monoisotopic (exact) mass is 491 g/mol. The molecule has 1 fully saturated rings. The first-order valence-electron chi connectivity index (χ1n) is 11.6. The van der Waals surface area contributed by atoms with E-state index in [2.05, 4.69) is 4.98 Å². The smallest absolute Gasteiger partial charge is 0.263 e. The van der Waals surface area contributed by atoms with Gasteiger partial charge in [-0.3, -0.25) is 20.4 Å². The van der Waals surface area contributed by atoms with Gasteiger partial charge in [-0.1, -0.05) is 37.3 Å². The molecule has 1 aromatic carbocycles. The highest BCUT2D eigenvalue weighted by Gasteiger charge is 2.33. The molecule has 3 heterocycles. The van der Waals surface area contributed by atoms with Crippen LogP contribution in [0.3, 0.4) is 0 Å². The van der Waals surface area contributed by atoms with Crippen LogP contribution in [0.2, 0.25) is 0 Å². The van der Waals surface area contributed by atoms with Crippen LogP contribution in [0.4, 0.5) is 0 Å². The molecule has 2 atom stereocenters. The second-order valence-electron chi connectivity index (χ2n) is 8.93. The number of rotatable bonds is 6. The van der Waals surface area contributed by atoms with Crippen LogP contribution in [0.25, 0.3) is 0 Å². The van der Waals surface area contributed by atoms with Crippen LogP contribution in [-0.4, -0.2) is 38.7 Å². The summed E-state index contributed by atoms with van der Waals surface area (Å²) in [5, 5.41) is 19.6. The summed E-state index contributed by atoms with van der Waals surface area (Å²) in [6.07, 6.45) is 3.79. The van der Waals surface area contributed by atoms with E-state index in [-0.39, 0.29) is 29.3 Å². The lowest BCUT2D eigenvalue weighted by Gasteiger charge is -2.23. The number of amides is 1. The Hall–Kier alpha value is -3.59. The topological polar surface area (TPSA) is 112 Å². The molecule has 0 spiro atoms. The minimum Gasteiger partial charge on any atom is -0.425 e. The standard InChI is InChI=1S/C26H29N5O3S/c1-16(12-18-8-5-4-6-9-18)22(27)34-23(28)20-13-19(14-30(3)26(20)33)25(32)31-11-7-10-21(31)24-29-17(2)15-35-24/h4-6,8-9,13-16,21,27-28H,7,10-12H2,1-3H3. The highest BCUT2D eigenvalue weighted by atomic mass is 32.1. The summed E-state index contributed by atoms with van der Waals surface area (Å²) in [6.45, 7) is 4.38. The average Bonchev–Trinajstić information content (AvgIpc) is 3.49. The molecule has 2 unspecified atom stereocenters. The summed E-state index contributed by atoms with van der Waals surface area (Å²) >= 11 is 1.55. The summed E-state index contributed by atoms with van der Waals surface area (Å²) in [5.74, 6) is -1.02. The van der Waals surface area contributed by atoms with Crippen molar-refractivity contribution in [3.63, 3.8) is 0 Å². The van der Waals surface area contributed by atoms with E-state index >= 15 is 0 Å². The van der Waals surface area contributed by atoms with Crippen molar-refractivity contribution in [3.8, 4) is 0 Å². The second-order valence-corrected chi connectivity index (χ2v) is 9.82. The van der Waals surface area contributed by atoms with Gasteiger partial charge >= 0.3 is 0 Å². The van der Waals surface area contributed by atoms with Crippen LogP contribution < -0.4 is 5.56 Å². The minimum atomic E-state index is -0.455. The normalized spacial score (nSPS) is 16.2. The minimum absolute atomic E-state index is 0.0455. The largest absolute Gasteiger partial charge is 0.425 e. The van der Waals surface area contributed by atoms with E-state index in [4.69, 9.17) is 15.6 Å². The zero-order valence-corrected chi connectivity index (χ0v) is 20.9. The molecule has 2 N–H and O–H groups in total. The quantitative estimate of drug-likeness (QED) is 0.395. The Bertz CT molecular complexity index is 1310. The molecule has 3 aromatic rings. The summed E-state index contributed by atoms with van der Waals surface area (Å²) in [5.41, 5.74) is 1.79. The Morgan fingerprint density at radius 3 is 2.71 bits per heavy atom. The third-order valence-electron chi connectivity index (χ3n) is 6.15. The summed E-state index contributed by atoms with van der Waals surface area (Å²) < 4.78 is 6.77. The molecule has 8 nitrogen and oxygen atoms in total. The predicted molar refractivity (Wildman–Crippen MR) is 136 cm³/mol. The SMILES string of the molecule is Cc1csc(C2CCCN2C(=O)c2cc(C(=N)OC(=N)C(C)Cc3ccccc3)c(=O)n(C)c2)n1. The van der Waals surface area contributed by atoms with Gasteiger partial charge in [0.15, 0.2) is 5.90 Å². The first-order valence-corrected chi connectivity index (χ1v) is 12.5. The van der Waals surface area contributed by atoms with Gasteiger partial charge in [0, 0.05) is 36.8 Å². The number of likely N-dealkylation sites (tertiary alicyclic amines) is 1. The van der Waals surface area contributed by atoms with Crippen molar-refractivity contribution in [1.82, 2.24) is 14.5 Å². The number of thiazole rings is 1. The highest BCUT2D eigenvalue weighted by Crippen LogP contribution is 2.34. The zero-order valence-electron chi connectivity index (χ0n) is 20.1. The third-order valence-corrected chi connectivity index (χ3v) is 7.22. The molecule has 182 valence electrons. The lowest BCUT2D eigenvalue weighted by molar-refractivity contribution is 0.0734. The van der Waals surface area contributed by atoms with E-state index in [1.54, 1.807) is 23.3 Å². The summed E-state index contributed by atoms with van der Waals surface area (Å²) in [6, 6.07) is 11.0. The molecule has 2 aromatic heterocycles. The number of aryl methyl sites for hydroxylation is 2. The molecular formula is C26H29N5O3S. The van der Waals surface area contributed by atoms with Crippen molar-refractivity contribution in [2.45, 2.75) is 39.2 Å². The first-order chi connectivity index (χ1) is 16.7. The Balaban J connectivity index is 1.52. The molecule has 9 heteroatoms. The number of nitrogens with one attached hydrogen (secondary N) is 2. The van der Waals surface area contributed by atoms with Crippen LogP contribution in [0.1, 0.15) is 58.0 Å². The molecule has 4 rings (SSSR count). The van der Waals surface area contributed by atoms with Crippen molar-refractivity contribution in [3.05, 3.63) is 85.7 Å². The van der Waals surface area contributed by atoms with E-state index < -0.39 is 11.5 Å². The van der Waals surface area contributed by atoms with E-state index in [0.717, 1.165) is 29.1 Å². The van der Waals surface area contributed by atoms with E-state index in [0.29, 0.717) is 18.5 Å². The number of aromatic nitrogens is 2. The maximum atomic E-state index is 13.4. The second kappa shape index (κ2) is 10.4. The highest BCUT2D eigenvalue weighted by molar-refractivity contribution is 7.09. The van der Waals surface area contributed by atoms with Crippen molar-refractivity contribution >= 4 is 29.0 Å². The van der Waals surface area contributed by atoms with Gasteiger partial charge < -0.3 is 14.2 Å². The number of ether oxygens (including phenoxy) is 1. The number of hydrogen-bond acceptors (Lipinski definition) is 7. The number of hydrogen-bond donors (Lipinski definition) is 2. The van der Waals surface area contributed by atoms with Gasteiger partial charge in [0.1, 0.15) is 10.6 Å². The fourth-order valence-electron chi connectivity index (χ4n) is 4.27. The molecule has 35 heavy (non-hydrogen) atoms. The maximum Gasteiger partial charge on any atom is 0.263 e. The van der Waals surface area contributed by atoms with Crippen molar-refractivity contribution in [2.24, 2.45) is 13.0 Å². The van der Waals surface area contributed by atoms with Gasteiger partial charge in [0.05, 0.1) is 11.6 Å². The van der Waals surface area contributed by atoms with Crippen LogP contribution in [0.15, 0.2) is 52.8 Å². The Morgan fingerprint density at radius 1 is 1.29 bits per heavy atom. The van der Waals surface area contributed by atoms with Gasteiger partial charge in [-0.15, -0.1) is 11.3 Å². The predicted octanol–water partition coefficient (Wildman–Crippen LogP) is 4.33. The molecule has 0 bridgehead atoms. The van der Waals surface area contributed by atoms with Gasteiger partial charge in [0.2, 0.25) is 5.90 Å². The van der Waals surface area contributed by atoms with Gasteiger partial charge in [-0.25, -0.2) is 4.98 Å². The molecule has 1 aliphatic heterocycles. The van der Waals surface area contributed by atoms with E-state index in [9.17, 15) is 9.59 Å². The first kappa shape index (κ1) is 24.5. The third kappa shape index (κ3) is 5.40. The van der Waals surface area contributed by atoms with Crippen LogP contribution in [-0.2, 0) is 18.2 Å². The fourth-order valence-corrected chi connectivity index (χ4v) is 5.22. The molecular weight excluding hydrogens is 462 g/mol. The van der Waals surface area contributed by atoms with Crippen molar-refractivity contribution < 1.29 is 9.53 Å². The van der Waals surface area contributed by atoms with E-state index in [1.165, 1.54) is 16.8 Å². The molecule has 0 radical (unpaired) electrons. The Kier molecular flexibility index (Phi) is 7.25. The Morgan fingerprint density at radius 2 is 2.03 bits per heavy atom. The van der Waals surface area contributed by atoms with Crippen LogP contribution in [0, 0.1) is 23.7 Å². The van der Waals surface area contributed by atoms with Crippen LogP contribution >= 0.6 is 11.3 Å². The maximum absolute atomic E-state index is 13.4. The van der Waals surface area contributed by atoms with Gasteiger partial charge in [0.25, 0.3) is 11.5 Å². The molecule has 1 saturated heterocycles. The zero-order chi connectivity index (χ0) is 25.1. The molecule has 1 amide bonds. The van der Waals surface area contributed by atoms with Gasteiger partial charge in [-0.2, -0.15) is 0 Å². The van der Waals surface area contributed by atoms with Crippen molar-refractivity contribution in [1.29, 1.82) is 10.8 Å². The lowest BCUT2D eigenvalue weighted by Crippen LogP contribution is -2.34. The Labute approximate surface area is 208 Å². The van der Waals surface area contributed by atoms with Gasteiger partial charge in [-0.05, 0) is 37.8 Å².